The molecule has 1 fully saturated rings. The van der Waals surface area contributed by atoms with E-state index in [1.807, 2.05) is 0 Å². The summed E-state index contributed by atoms with van der Waals surface area (Å²) in [5, 5.41) is 0. The summed E-state index contributed by atoms with van der Waals surface area (Å²) in [5.41, 5.74) is -0.959. The molecule has 5 nitrogen and oxygen atoms in total. The van der Waals surface area contributed by atoms with Crippen molar-refractivity contribution < 1.29 is 19.1 Å². The third-order valence-electron chi connectivity index (χ3n) is 3.15. The summed E-state index contributed by atoms with van der Waals surface area (Å²) in [6.45, 7) is 6.03. The Morgan fingerprint density at radius 1 is 1.47 bits per heavy atom. The summed E-state index contributed by atoms with van der Waals surface area (Å²) < 4.78 is 10.3. The molecular weight excluding hydrogens is 222 g/mol. The highest BCUT2D eigenvalue weighted by atomic mass is 16.5. The van der Waals surface area contributed by atoms with E-state index >= 15 is 0 Å². The maximum Gasteiger partial charge on any atom is 0.331 e. The van der Waals surface area contributed by atoms with Crippen LogP contribution in [0.2, 0.25) is 0 Å². The van der Waals surface area contributed by atoms with E-state index in [4.69, 9.17) is 9.47 Å². The summed E-state index contributed by atoms with van der Waals surface area (Å²) in [5.74, 6) is -0.547. The molecule has 0 radical (unpaired) electrons. The number of rotatable bonds is 4. The highest BCUT2D eigenvalue weighted by molar-refractivity contribution is 5.89. The van der Waals surface area contributed by atoms with Crippen molar-refractivity contribution in [1.82, 2.24) is 4.90 Å². The quantitative estimate of drug-likeness (QED) is 0.690. The van der Waals surface area contributed by atoms with E-state index in [0.29, 0.717) is 13.2 Å². The number of ether oxygens (including phenoxy) is 2. The van der Waals surface area contributed by atoms with Gasteiger partial charge in [0.1, 0.15) is 11.6 Å². The Labute approximate surface area is 102 Å². The first-order valence-electron chi connectivity index (χ1n) is 5.97. The van der Waals surface area contributed by atoms with Crippen LogP contribution < -0.4 is 0 Å². The largest absolute Gasteiger partial charge is 0.464 e. The van der Waals surface area contributed by atoms with Crippen LogP contribution in [0.25, 0.3) is 0 Å². The summed E-state index contributed by atoms with van der Waals surface area (Å²) in [7, 11) is 1.61. The van der Waals surface area contributed by atoms with Crippen LogP contribution in [-0.4, -0.2) is 48.7 Å². The fourth-order valence-corrected chi connectivity index (χ4v) is 1.71. The second kappa shape index (κ2) is 5.49. The van der Waals surface area contributed by atoms with Gasteiger partial charge in [-0.05, 0) is 33.6 Å². The molecule has 0 bridgehead atoms. The SMILES string of the molecule is CCOC(=O)C(C)(C)N(C)C(=O)[C@H]1CCCO1. The number of likely N-dealkylation sites (N-methyl/N-ethyl adjacent to an activating group) is 1. The molecule has 0 aromatic carbocycles. The topological polar surface area (TPSA) is 55.8 Å². The van der Waals surface area contributed by atoms with Crippen LogP contribution in [0.5, 0.6) is 0 Å². The van der Waals surface area contributed by atoms with Crippen molar-refractivity contribution in [2.75, 3.05) is 20.3 Å². The van der Waals surface area contributed by atoms with Gasteiger partial charge in [-0.15, -0.1) is 0 Å². The van der Waals surface area contributed by atoms with Crippen LogP contribution >= 0.6 is 0 Å². The number of carbonyl (C=O) groups is 2. The van der Waals surface area contributed by atoms with E-state index in [9.17, 15) is 9.59 Å². The fourth-order valence-electron chi connectivity index (χ4n) is 1.71. The lowest BCUT2D eigenvalue weighted by Gasteiger charge is -2.34. The molecule has 1 heterocycles. The van der Waals surface area contributed by atoms with E-state index in [1.54, 1.807) is 27.8 Å². The molecule has 0 N–H and O–H groups in total. The molecule has 1 rings (SSSR count). The van der Waals surface area contributed by atoms with E-state index in [2.05, 4.69) is 0 Å². The van der Waals surface area contributed by atoms with E-state index in [-0.39, 0.29) is 5.91 Å². The van der Waals surface area contributed by atoms with E-state index < -0.39 is 17.6 Å². The molecule has 0 aromatic rings. The van der Waals surface area contributed by atoms with Crippen LogP contribution in [0.1, 0.15) is 33.6 Å². The van der Waals surface area contributed by atoms with Crippen molar-refractivity contribution >= 4 is 11.9 Å². The molecule has 17 heavy (non-hydrogen) atoms. The zero-order chi connectivity index (χ0) is 13.1. The zero-order valence-corrected chi connectivity index (χ0v) is 11.0. The van der Waals surface area contributed by atoms with Crippen molar-refractivity contribution in [2.24, 2.45) is 0 Å². The first kappa shape index (κ1) is 14.0. The summed E-state index contributed by atoms with van der Waals surface area (Å²) >= 11 is 0. The van der Waals surface area contributed by atoms with Gasteiger partial charge in [0.05, 0.1) is 6.61 Å². The molecule has 1 saturated heterocycles. The van der Waals surface area contributed by atoms with Crippen molar-refractivity contribution in [3.05, 3.63) is 0 Å². The maximum atomic E-state index is 12.1. The first-order valence-corrected chi connectivity index (χ1v) is 5.97. The van der Waals surface area contributed by atoms with Crippen LogP contribution in [0.3, 0.4) is 0 Å². The van der Waals surface area contributed by atoms with Crippen molar-refractivity contribution in [3.63, 3.8) is 0 Å². The van der Waals surface area contributed by atoms with Crippen LogP contribution in [0.4, 0.5) is 0 Å². The second-order valence-electron chi connectivity index (χ2n) is 4.68. The predicted molar refractivity (Wildman–Crippen MR) is 62.5 cm³/mol. The average molecular weight is 243 g/mol. The zero-order valence-electron chi connectivity index (χ0n) is 11.0. The predicted octanol–water partition coefficient (Wildman–Crippen LogP) is 0.965. The standard InChI is InChI=1S/C12H21NO4/c1-5-16-11(15)12(2,3)13(4)10(14)9-7-6-8-17-9/h9H,5-8H2,1-4H3/t9-/m1/s1. The summed E-state index contributed by atoms with van der Waals surface area (Å²) in [6.07, 6.45) is 1.21. The Balaban J connectivity index is 2.69. The highest BCUT2D eigenvalue weighted by Gasteiger charge is 2.40. The van der Waals surface area contributed by atoms with Crippen molar-refractivity contribution in [1.29, 1.82) is 0 Å². The van der Waals surface area contributed by atoms with E-state index in [1.165, 1.54) is 4.90 Å². The van der Waals surface area contributed by atoms with Crippen LogP contribution in [0, 0.1) is 0 Å². The molecule has 1 aliphatic rings. The molecule has 1 aliphatic heterocycles. The molecule has 0 aromatic heterocycles. The maximum absolute atomic E-state index is 12.1. The second-order valence-corrected chi connectivity index (χ2v) is 4.68. The molecule has 0 unspecified atom stereocenters. The molecule has 1 atom stereocenters. The number of hydrogen-bond donors (Lipinski definition) is 0. The number of hydrogen-bond acceptors (Lipinski definition) is 4. The third-order valence-corrected chi connectivity index (χ3v) is 3.15. The summed E-state index contributed by atoms with van der Waals surface area (Å²) in [6, 6.07) is 0. The van der Waals surface area contributed by atoms with Gasteiger partial charge >= 0.3 is 5.97 Å². The van der Waals surface area contributed by atoms with E-state index in [0.717, 1.165) is 12.8 Å². The lowest BCUT2D eigenvalue weighted by molar-refractivity contribution is -0.163. The number of esters is 1. The van der Waals surface area contributed by atoms with Gasteiger partial charge < -0.3 is 14.4 Å². The van der Waals surface area contributed by atoms with Gasteiger partial charge in [0.25, 0.3) is 5.91 Å². The third kappa shape index (κ3) is 2.97. The molecular formula is C12H21NO4. The van der Waals surface area contributed by atoms with Crippen molar-refractivity contribution in [3.8, 4) is 0 Å². The first-order chi connectivity index (χ1) is 7.91. The van der Waals surface area contributed by atoms with Gasteiger partial charge in [-0.25, -0.2) is 4.79 Å². The normalized spacial score (nSPS) is 20.1. The Kier molecular flexibility index (Phi) is 4.51. The molecule has 98 valence electrons. The van der Waals surface area contributed by atoms with Gasteiger partial charge in [0.2, 0.25) is 0 Å². The molecule has 0 spiro atoms. The summed E-state index contributed by atoms with van der Waals surface area (Å²) in [4.78, 5) is 25.3. The Morgan fingerprint density at radius 3 is 2.59 bits per heavy atom. The van der Waals surface area contributed by atoms with Gasteiger partial charge in [-0.2, -0.15) is 0 Å². The van der Waals surface area contributed by atoms with Crippen LogP contribution in [-0.2, 0) is 19.1 Å². The number of nitrogens with zero attached hydrogens (tertiary/aromatic N) is 1. The van der Waals surface area contributed by atoms with Gasteiger partial charge in [0, 0.05) is 13.7 Å². The number of amides is 1. The molecule has 1 amide bonds. The molecule has 0 aliphatic carbocycles. The van der Waals surface area contributed by atoms with Gasteiger partial charge in [0.15, 0.2) is 0 Å². The Hall–Kier alpha value is -1.10. The lowest BCUT2D eigenvalue weighted by Crippen LogP contribution is -2.54. The molecule has 5 heteroatoms. The van der Waals surface area contributed by atoms with Crippen molar-refractivity contribution in [2.45, 2.75) is 45.3 Å². The minimum absolute atomic E-state index is 0.152. The average Bonchev–Trinajstić information content (AvgIpc) is 2.80. The Bertz CT molecular complexity index is 295. The van der Waals surface area contributed by atoms with Crippen LogP contribution in [0.15, 0.2) is 0 Å². The number of carbonyl (C=O) groups excluding carboxylic acids is 2. The van der Waals surface area contributed by atoms with Gasteiger partial charge in [-0.3, -0.25) is 4.79 Å². The highest BCUT2D eigenvalue weighted by Crippen LogP contribution is 2.20. The fraction of sp³-hybridized carbons (Fsp3) is 0.833. The van der Waals surface area contributed by atoms with Gasteiger partial charge in [-0.1, -0.05) is 0 Å². The minimum atomic E-state index is -0.959. The smallest absolute Gasteiger partial charge is 0.331 e. The minimum Gasteiger partial charge on any atom is -0.464 e. The molecule has 0 saturated carbocycles. The lowest BCUT2D eigenvalue weighted by atomic mass is 10.0. The Morgan fingerprint density at radius 2 is 2.12 bits per heavy atom. The monoisotopic (exact) mass is 243 g/mol.